The molecule has 0 aliphatic rings. The van der Waals surface area contributed by atoms with Crippen LogP contribution in [0.5, 0.6) is 0 Å². The molecule has 0 unspecified atom stereocenters. The molecule has 0 aromatic carbocycles. The lowest BCUT2D eigenvalue weighted by Crippen LogP contribution is -2.07. The molecule has 1 heterocycles. The third-order valence-electron chi connectivity index (χ3n) is 1.79. The first kappa shape index (κ1) is 9.24. The first-order valence-electron chi connectivity index (χ1n) is 3.49. The molecule has 1 rings (SSSR count). The SMILES string of the molecule is Cc1cc([N+](=O)[O-])n(C)c1C(=O)O. The van der Waals surface area contributed by atoms with Crippen molar-refractivity contribution in [1.82, 2.24) is 4.57 Å². The van der Waals surface area contributed by atoms with Crippen molar-refractivity contribution >= 4 is 11.8 Å². The highest BCUT2D eigenvalue weighted by molar-refractivity contribution is 5.88. The molecule has 0 amide bonds. The molecule has 1 aromatic heterocycles. The predicted molar refractivity (Wildman–Crippen MR) is 43.8 cm³/mol. The Kier molecular flexibility index (Phi) is 2.05. The zero-order valence-electron chi connectivity index (χ0n) is 7.14. The minimum Gasteiger partial charge on any atom is -0.475 e. The van der Waals surface area contributed by atoms with Gasteiger partial charge < -0.3 is 15.2 Å². The normalized spacial score (nSPS) is 10.0. The lowest BCUT2D eigenvalue weighted by atomic mass is 10.3. The quantitative estimate of drug-likeness (QED) is 0.547. The molecule has 6 heteroatoms. The standard InChI is InChI=1S/C7H8N2O4/c1-4-3-5(9(12)13)8(2)6(4)7(10)11/h3H,1-2H3,(H,10,11). The van der Waals surface area contributed by atoms with Crippen LogP contribution in [-0.2, 0) is 7.05 Å². The lowest BCUT2D eigenvalue weighted by molar-refractivity contribution is -0.391. The van der Waals surface area contributed by atoms with Gasteiger partial charge in [-0.15, -0.1) is 0 Å². The number of aromatic nitrogens is 1. The van der Waals surface area contributed by atoms with Crippen molar-refractivity contribution in [3.8, 4) is 0 Å². The number of carbonyl (C=O) groups is 1. The minimum atomic E-state index is -1.16. The Morgan fingerprint density at radius 3 is 2.46 bits per heavy atom. The Hall–Kier alpha value is -1.85. The maximum Gasteiger partial charge on any atom is 0.376 e. The van der Waals surface area contributed by atoms with Crippen molar-refractivity contribution in [2.45, 2.75) is 6.92 Å². The Morgan fingerprint density at radius 1 is 1.69 bits per heavy atom. The molecule has 6 nitrogen and oxygen atoms in total. The second-order valence-electron chi connectivity index (χ2n) is 2.66. The van der Waals surface area contributed by atoms with E-state index in [1.807, 2.05) is 0 Å². The summed E-state index contributed by atoms with van der Waals surface area (Å²) in [6.07, 6.45) is 0. The number of nitrogens with zero attached hydrogens (tertiary/aromatic N) is 2. The van der Waals surface area contributed by atoms with Crippen LogP contribution in [0.2, 0.25) is 0 Å². The van der Waals surface area contributed by atoms with E-state index in [0.29, 0.717) is 5.56 Å². The monoisotopic (exact) mass is 184 g/mol. The summed E-state index contributed by atoms with van der Waals surface area (Å²) in [5.41, 5.74) is 0.341. The van der Waals surface area contributed by atoms with Crippen molar-refractivity contribution < 1.29 is 14.8 Å². The fourth-order valence-corrected chi connectivity index (χ4v) is 1.23. The summed E-state index contributed by atoms with van der Waals surface area (Å²) in [5.74, 6) is -1.37. The van der Waals surface area contributed by atoms with E-state index in [9.17, 15) is 14.9 Å². The Morgan fingerprint density at radius 2 is 2.23 bits per heavy atom. The molecule has 0 saturated carbocycles. The van der Waals surface area contributed by atoms with Crippen LogP contribution in [0.25, 0.3) is 0 Å². The third kappa shape index (κ3) is 1.37. The van der Waals surface area contributed by atoms with E-state index in [2.05, 4.69) is 0 Å². The van der Waals surface area contributed by atoms with E-state index in [-0.39, 0.29) is 11.5 Å². The van der Waals surface area contributed by atoms with Crippen molar-refractivity contribution in [2.75, 3.05) is 0 Å². The van der Waals surface area contributed by atoms with Gasteiger partial charge in [-0.25, -0.2) is 9.36 Å². The number of aromatic carboxylic acids is 1. The highest BCUT2D eigenvalue weighted by atomic mass is 16.6. The lowest BCUT2D eigenvalue weighted by Gasteiger charge is -1.95. The third-order valence-corrected chi connectivity index (χ3v) is 1.79. The van der Waals surface area contributed by atoms with Gasteiger partial charge in [0, 0.05) is 11.6 Å². The van der Waals surface area contributed by atoms with Crippen molar-refractivity contribution in [1.29, 1.82) is 0 Å². The molecule has 1 N–H and O–H groups in total. The molecule has 0 aliphatic heterocycles. The maximum atomic E-state index is 10.6. The number of nitro groups is 1. The molecule has 0 saturated heterocycles. The van der Waals surface area contributed by atoms with Gasteiger partial charge in [-0.05, 0) is 11.8 Å². The number of hydrogen-bond donors (Lipinski definition) is 1. The van der Waals surface area contributed by atoms with E-state index >= 15 is 0 Å². The summed E-state index contributed by atoms with van der Waals surface area (Å²) < 4.78 is 1.05. The van der Waals surface area contributed by atoms with Crippen LogP contribution in [0.3, 0.4) is 0 Å². The average Bonchev–Trinajstić information content (AvgIpc) is 2.26. The second kappa shape index (κ2) is 2.89. The summed E-state index contributed by atoms with van der Waals surface area (Å²) in [6, 6.07) is 1.24. The largest absolute Gasteiger partial charge is 0.475 e. The van der Waals surface area contributed by atoms with Gasteiger partial charge in [-0.3, -0.25) is 0 Å². The summed E-state index contributed by atoms with van der Waals surface area (Å²) in [5, 5.41) is 19.1. The van der Waals surface area contributed by atoms with Gasteiger partial charge in [0.2, 0.25) is 5.69 Å². The smallest absolute Gasteiger partial charge is 0.376 e. The molecule has 0 bridgehead atoms. The topological polar surface area (TPSA) is 85.4 Å². The van der Waals surface area contributed by atoms with Crippen LogP contribution >= 0.6 is 0 Å². The van der Waals surface area contributed by atoms with Crippen LogP contribution < -0.4 is 0 Å². The van der Waals surface area contributed by atoms with Crippen LogP contribution in [0.15, 0.2) is 6.07 Å². The summed E-state index contributed by atoms with van der Waals surface area (Å²) in [7, 11) is 1.36. The highest BCUT2D eigenvalue weighted by Crippen LogP contribution is 2.19. The molecule has 1 aromatic rings. The first-order chi connectivity index (χ1) is 5.95. The molecule has 13 heavy (non-hydrogen) atoms. The highest BCUT2D eigenvalue weighted by Gasteiger charge is 2.23. The van der Waals surface area contributed by atoms with Crippen molar-refractivity contribution in [3.05, 3.63) is 27.4 Å². The van der Waals surface area contributed by atoms with Gasteiger partial charge in [0.05, 0.1) is 7.05 Å². The van der Waals surface area contributed by atoms with Gasteiger partial charge in [-0.2, -0.15) is 0 Å². The van der Waals surface area contributed by atoms with Crippen molar-refractivity contribution in [3.63, 3.8) is 0 Å². The number of aryl methyl sites for hydroxylation is 1. The van der Waals surface area contributed by atoms with Gasteiger partial charge in [-0.1, -0.05) is 0 Å². The average molecular weight is 184 g/mol. The zero-order valence-corrected chi connectivity index (χ0v) is 7.14. The summed E-state index contributed by atoms with van der Waals surface area (Å²) in [6.45, 7) is 1.52. The van der Waals surface area contributed by atoms with E-state index in [4.69, 9.17) is 5.11 Å². The van der Waals surface area contributed by atoms with E-state index in [1.165, 1.54) is 20.0 Å². The molecule has 0 aliphatic carbocycles. The Balaban J connectivity index is 3.39. The fraction of sp³-hybridized carbons (Fsp3) is 0.286. The summed E-state index contributed by atoms with van der Waals surface area (Å²) >= 11 is 0. The Labute approximate surface area is 73.6 Å². The molecule has 0 fully saturated rings. The molecule has 0 spiro atoms. The molecule has 70 valence electrons. The van der Waals surface area contributed by atoms with Gasteiger partial charge in [0.1, 0.15) is 0 Å². The second-order valence-corrected chi connectivity index (χ2v) is 2.66. The molecule has 0 atom stereocenters. The van der Waals surface area contributed by atoms with Crippen molar-refractivity contribution in [2.24, 2.45) is 7.05 Å². The van der Waals surface area contributed by atoms with Gasteiger partial charge in [0.25, 0.3) is 0 Å². The van der Waals surface area contributed by atoms with Crippen LogP contribution in [-0.4, -0.2) is 20.6 Å². The number of hydrogen-bond acceptors (Lipinski definition) is 3. The predicted octanol–water partition coefficient (Wildman–Crippen LogP) is 0.940. The Bertz CT molecular complexity index is 380. The molecular weight excluding hydrogens is 176 g/mol. The fourth-order valence-electron chi connectivity index (χ4n) is 1.23. The first-order valence-corrected chi connectivity index (χ1v) is 3.49. The number of carboxylic acid groups (broad SMARTS) is 1. The maximum absolute atomic E-state index is 10.6. The molecule has 0 radical (unpaired) electrons. The van der Waals surface area contributed by atoms with Crippen LogP contribution in [0.4, 0.5) is 5.82 Å². The summed E-state index contributed by atoms with van der Waals surface area (Å²) in [4.78, 5) is 20.4. The van der Waals surface area contributed by atoms with Crippen LogP contribution in [0.1, 0.15) is 16.1 Å². The van der Waals surface area contributed by atoms with E-state index in [0.717, 1.165) is 4.57 Å². The van der Waals surface area contributed by atoms with Crippen LogP contribution in [0, 0.1) is 17.0 Å². The van der Waals surface area contributed by atoms with E-state index < -0.39 is 10.9 Å². The minimum absolute atomic E-state index is 0.0494. The number of carboxylic acids is 1. The van der Waals surface area contributed by atoms with Gasteiger partial charge in [0.15, 0.2) is 0 Å². The van der Waals surface area contributed by atoms with E-state index in [1.54, 1.807) is 0 Å². The molecular formula is C7H8N2O4. The zero-order chi connectivity index (χ0) is 10.2. The van der Waals surface area contributed by atoms with Gasteiger partial charge >= 0.3 is 11.8 Å². The number of rotatable bonds is 2.